The Morgan fingerprint density at radius 1 is 1.21 bits per heavy atom. The minimum Gasteiger partial charge on any atom is -0.365 e. The van der Waals surface area contributed by atoms with Crippen molar-refractivity contribution >= 4 is 38.9 Å². The van der Waals surface area contributed by atoms with Crippen LogP contribution in [0.2, 0.25) is 5.02 Å². The average molecular weight is 468 g/mol. The zero-order chi connectivity index (χ0) is 20.4. The number of anilines is 1. The molecule has 0 saturated heterocycles. The maximum atomic E-state index is 10.1. The molecule has 0 aliphatic rings. The molecular weight excluding hydrogens is 452 g/mol. The first-order valence-corrected chi connectivity index (χ1v) is 10.0. The Morgan fingerprint density at radius 2 is 2.03 bits per heavy atom. The van der Waals surface area contributed by atoms with Crippen LogP contribution in [0.3, 0.4) is 0 Å². The van der Waals surface area contributed by atoms with E-state index < -0.39 is 0 Å². The van der Waals surface area contributed by atoms with Gasteiger partial charge in [-0.2, -0.15) is 10.4 Å². The van der Waals surface area contributed by atoms with Crippen LogP contribution in [0.1, 0.15) is 16.7 Å². The van der Waals surface area contributed by atoms with E-state index >= 15 is 0 Å². The first-order chi connectivity index (χ1) is 14.2. The fraction of sp³-hybridized carbons (Fsp3) is 0.0952. The Hall–Kier alpha value is -2.92. The molecule has 0 spiro atoms. The second-order valence-corrected chi connectivity index (χ2v) is 7.60. The molecule has 0 amide bonds. The summed E-state index contributed by atoms with van der Waals surface area (Å²) in [6.07, 6.45) is 5.19. The number of halogens is 2. The lowest BCUT2D eigenvalue weighted by molar-refractivity contribution is 0.924. The number of nitrogens with two attached hydrogens (primary N) is 1. The van der Waals surface area contributed by atoms with Crippen molar-refractivity contribution in [3.05, 3.63) is 81.2 Å². The summed E-state index contributed by atoms with van der Waals surface area (Å²) in [6, 6.07) is 13.6. The van der Waals surface area contributed by atoms with E-state index in [2.05, 4.69) is 37.4 Å². The van der Waals surface area contributed by atoms with Crippen molar-refractivity contribution in [3.63, 3.8) is 0 Å². The maximum Gasteiger partial charge on any atom is 0.147 e. The highest BCUT2D eigenvalue weighted by Gasteiger charge is 2.24. The van der Waals surface area contributed by atoms with Crippen LogP contribution in [0.4, 0.5) is 5.82 Å². The summed E-state index contributed by atoms with van der Waals surface area (Å²) in [5.74, 6) is 0.573. The van der Waals surface area contributed by atoms with Crippen molar-refractivity contribution in [2.75, 3.05) is 5.32 Å². The molecular formula is C21H16BrClN6. The van der Waals surface area contributed by atoms with E-state index in [0.29, 0.717) is 28.5 Å². The molecule has 3 aromatic heterocycles. The van der Waals surface area contributed by atoms with Crippen molar-refractivity contribution in [2.24, 2.45) is 5.73 Å². The molecule has 0 atom stereocenters. The van der Waals surface area contributed by atoms with E-state index in [1.54, 1.807) is 29.2 Å². The number of hydrogen-bond donors (Lipinski definition) is 2. The third-order valence-corrected chi connectivity index (χ3v) is 5.56. The SMILES string of the molecule is N#Cc1c(-c2ccccc2Cl)c(CN)c2c(Br)cnn2c1NCc1cccnc1. The quantitative estimate of drug-likeness (QED) is 0.442. The molecule has 8 heteroatoms. The van der Waals surface area contributed by atoms with E-state index in [1.807, 2.05) is 30.3 Å². The molecule has 4 aromatic rings. The van der Waals surface area contributed by atoms with Crippen LogP contribution < -0.4 is 11.1 Å². The standard InChI is InChI=1S/C21H16BrClN6/c22-17-12-28-29-20(17)15(8-24)19(14-5-1-2-6-18(14)23)16(9-25)21(29)27-11-13-4-3-7-26-10-13/h1-7,10,12,27H,8,11,24H2. The van der Waals surface area contributed by atoms with Gasteiger partial charge in [-0.15, -0.1) is 0 Å². The molecule has 6 nitrogen and oxygen atoms in total. The van der Waals surface area contributed by atoms with Gasteiger partial charge in [-0.05, 0) is 33.6 Å². The van der Waals surface area contributed by atoms with Crippen molar-refractivity contribution < 1.29 is 0 Å². The predicted molar refractivity (Wildman–Crippen MR) is 118 cm³/mol. The third-order valence-electron chi connectivity index (χ3n) is 4.65. The lowest BCUT2D eigenvalue weighted by atomic mass is 9.94. The highest BCUT2D eigenvalue weighted by molar-refractivity contribution is 9.10. The fourth-order valence-corrected chi connectivity index (χ4v) is 4.11. The Kier molecular flexibility index (Phi) is 5.49. The van der Waals surface area contributed by atoms with Gasteiger partial charge in [0.15, 0.2) is 0 Å². The number of hydrogen-bond acceptors (Lipinski definition) is 5. The average Bonchev–Trinajstić information content (AvgIpc) is 3.13. The summed E-state index contributed by atoms with van der Waals surface area (Å²) in [7, 11) is 0. The normalized spacial score (nSPS) is 10.8. The Balaban J connectivity index is 2.00. The van der Waals surface area contributed by atoms with Gasteiger partial charge in [-0.3, -0.25) is 4.98 Å². The molecule has 3 heterocycles. The number of nitrogens with zero attached hydrogens (tertiary/aromatic N) is 4. The number of aromatic nitrogens is 3. The van der Waals surface area contributed by atoms with E-state index in [4.69, 9.17) is 17.3 Å². The topological polar surface area (TPSA) is 92.0 Å². The van der Waals surface area contributed by atoms with Gasteiger partial charge < -0.3 is 11.1 Å². The largest absolute Gasteiger partial charge is 0.365 e. The summed E-state index contributed by atoms with van der Waals surface area (Å²) < 4.78 is 2.50. The number of nitriles is 1. The third kappa shape index (κ3) is 3.47. The van der Waals surface area contributed by atoms with E-state index in [1.165, 1.54) is 0 Å². The number of nitrogens with one attached hydrogen (secondary N) is 1. The highest BCUT2D eigenvalue weighted by Crippen LogP contribution is 2.40. The first-order valence-electron chi connectivity index (χ1n) is 8.85. The van der Waals surface area contributed by atoms with Gasteiger partial charge in [-0.25, -0.2) is 4.52 Å². The zero-order valence-corrected chi connectivity index (χ0v) is 17.6. The van der Waals surface area contributed by atoms with Crippen LogP contribution in [-0.2, 0) is 13.1 Å². The number of rotatable bonds is 5. The fourth-order valence-electron chi connectivity index (χ4n) is 3.38. The van der Waals surface area contributed by atoms with Gasteiger partial charge in [0.2, 0.25) is 0 Å². The lowest BCUT2D eigenvalue weighted by Gasteiger charge is -2.19. The van der Waals surface area contributed by atoms with Crippen LogP contribution >= 0.6 is 27.5 Å². The summed E-state index contributed by atoms with van der Waals surface area (Å²) in [5.41, 5.74) is 10.6. The molecule has 29 heavy (non-hydrogen) atoms. The monoisotopic (exact) mass is 466 g/mol. The van der Waals surface area contributed by atoms with Crippen molar-refractivity contribution in [1.82, 2.24) is 14.6 Å². The maximum absolute atomic E-state index is 10.1. The van der Waals surface area contributed by atoms with Gasteiger partial charge >= 0.3 is 0 Å². The molecule has 0 aliphatic heterocycles. The Morgan fingerprint density at radius 3 is 2.72 bits per heavy atom. The van der Waals surface area contributed by atoms with Crippen LogP contribution in [0, 0.1) is 11.3 Å². The zero-order valence-electron chi connectivity index (χ0n) is 15.2. The van der Waals surface area contributed by atoms with Gasteiger partial charge in [0.25, 0.3) is 0 Å². The molecule has 144 valence electrons. The molecule has 4 rings (SSSR count). The smallest absolute Gasteiger partial charge is 0.147 e. The number of fused-ring (bicyclic) bond motifs is 1. The minimum atomic E-state index is 0.228. The van der Waals surface area contributed by atoms with Crippen molar-refractivity contribution in [2.45, 2.75) is 13.1 Å². The summed E-state index contributed by atoms with van der Waals surface area (Å²) in [4.78, 5) is 4.14. The van der Waals surface area contributed by atoms with E-state index in [9.17, 15) is 5.26 Å². The van der Waals surface area contributed by atoms with E-state index in [-0.39, 0.29) is 6.54 Å². The summed E-state index contributed by atoms with van der Waals surface area (Å²) in [5, 5.41) is 18.5. The number of pyridine rings is 2. The molecule has 0 bridgehead atoms. The molecule has 0 aliphatic carbocycles. The van der Waals surface area contributed by atoms with Gasteiger partial charge in [0, 0.05) is 47.2 Å². The predicted octanol–water partition coefficient (Wildman–Crippen LogP) is 4.75. The van der Waals surface area contributed by atoms with E-state index in [0.717, 1.165) is 26.7 Å². The van der Waals surface area contributed by atoms with Gasteiger partial charge in [-0.1, -0.05) is 35.9 Å². The minimum absolute atomic E-state index is 0.228. The second kappa shape index (κ2) is 8.21. The van der Waals surface area contributed by atoms with Crippen molar-refractivity contribution in [1.29, 1.82) is 5.26 Å². The van der Waals surface area contributed by atoms with Crippen molar-refractivity contribution in [3.8, 4) is 17.2 Å². The number of benzene rings is 1. The summed E-state index contributed by atoms with van der Waals surface area (Å²) in [6.45, 7) is 0.713. The summed E-state index contributed by atoms with van der Waals surface area (Å²) >= 11 is 10.1. The lowest BCUT2D eigenvalue weighted by Crippen LogP contribution is -2.13. The van der Waals surface area contributed by atoms with Crippen LogP contribution in [0.25, 0.3) is 16.6 Å². The molecule has 0 unspecified atom stereocenters. The molecule has 0 radical (unpaired) electrons. The highest BCUT2D eigenvalue weighted by atomic mass is 79.9. The Bertz CT molecular complexity index is 1230. The van der Waals surface area contributed by atoms with Crippen LogP contribution in [0.5, 0.6) is 0 Å². The van der Waals surface area contributed by atoms with Gasteiger partial charge in [0.1, 0.15) is 17.5 Å². The molecule has 0 saturated carbocycles. The molecule has 1 aromatic carbocycles. The van der Waals surface area contributed by atoms with Crippen LogP contribution in [0.15, 0.2) is 59.5 Å². The first kappa shape index (κ1) is 19.4. The Labute approximate surface area is 181 Å². The second-order valence-electron chi connectivity index (χ2n) is 6.34. The molecule has 0 fully saturated rings. The molecule has 3 N–H and O–H groups in total. The van der Waals surface area contributed by atoms with Gasteiger partial charge in [0.05, 0.1) is 16.2 Å². The van der Waals surface area contributed by atoms with Crippen LogP contribution in [-0.4, -0.2) is 14.6 Å².